The van der Waals surface area contributed by atoms with Gasteiger partial charge in [-0.2, -0.15) is 0 Å². The van der Waals surface area contributed by atoms with Gasteiger partial charge in [-0.3, -0.25) is 0 Å². The number of aromatic nitrogens is 2. The molecule has 3 aromatic heterocycles. The molecule has 0 amide bonds. The molecule has 5 nitrogen and oxygen atoms in total. The summed E-state index contributed by atoms with van der Waals surface area (Å²) in [5.41, 5.74) is 10.8. The fourth-order valence-corrected chi connectivity index (χ4v) is 8.61. The van der Waals surface area contributed by atoms with Crippen LogP contribution in [0.4, 0.5) is 17.1 Å². The van der Waals surface area contributed by atoms with Crippen LogP contribution in [0.1, 0.15) is 0 Å². The lowest BCUT2D eigenvalue weighted by molar-refractivity contribution is 0.623. The van der Waals surface area contributed by atoms with Crippen LogP contribution in [0, 0.1) is 0 Å². The predicted molar refractivity (Wildman–Crippen MR) is 231 cm³/mol. The molecule has 0 aliphatic heterocycles. The van der Waals surface area contributed by atoms with E-state index in [9.17, 15) is 0 Å². The molecule has 12 rings (SSSR count). The zero-order valence-electron chi connectivity index (χ0n) is 30.1. The molecule has 0 atom stereocenters. The second-order valence-corrected chi connectivity index (χ2v) is 14.4. The summed E-state index contributed by atoms with van der Waals surface area (Å²) in [5, 5.41) is 8.95. The van der Waals surface area contributed by atoms with Crippen LogP contribution in [-0.2, 0) is 0 Å². The van der Waals surface area contributed by atoms with Gasteiger partial charge in [0.15, 0.2) is 5.58 Å². The van der Waals surface area contributed by atoms with Crippen LogP contribution < -0.4 is 4.90 Å². The molecule has 0 saturated heterocycles. The number of oxazole rings is 1. The molecule has 12 aromatic rings. The van der Waals surface area contributed by atoms with Crippen LogP contribution in [0.5, 0.6) is 0 Å². The second kappa shape index (κ2) is 11.9. The number of hydrogen-bond donors (Lipinski definition) is 0. The highest BCUT2D eigenvalue weighted by atomic mass is 16.3. The zero-order valence-corrected chi connectivity index (χ0v) is 30.1. The van der Waals surface area contributed by atoms with Gasteiger partial charge in [-0.15, -0.1) is 0 Å². The summed E-state index contributed by atoms with van der Waals surface area (Å²) in [5.74, 6) is 0.616. The Labute approximate surface area is 320 Å². The topological polar surface area (TPSA) is 47.3 Å². The average Bonchev–Trinajstić information content (AvgIpc) is 3.96. The maximum absolute atomic E-state index is 6.61. The molecule has 0 fully saturated rings. The number of furan rings is 1. The summed E-state index contributed by atoms with van der Waals surface area (Å²) in [6.45, 7) is 0. The van der Waals surface area contributed by atoms with E-state index in [1.54, 1.807) is 0 Å². The highest BCUT2D eigenvalue weighted by Gasteiger charge is 2.20. The summed E-state index contributed by atoms with van der Waals surface area (Å²) in [6.07, 6.45) is 0. The van der Waals surface area contributed by atoms with E-state index < -0.39 is 0 Å². The first-order chi connectivity index (χ1) is 27.7. The normalized spacial score (nSPS) is 11.9. The second-order valence-electron chi connectivity index (χ2n) is 14.4. The number of rotatable bonds is 5. The smallest absolute Gasteiger partial charge is 0.227 e. The molecule has 0 aliphatic rings. The van der Waals surface area contributed by atoms with E-state index in [0.29, 0.717) is 5.89 Å². The van der Waals surface area contributed by atoms with Gasteiger partial charge in [0.25, 0.3) is 0 Å². The Morgan fingerprint density at radius 2 is 1.05 bits per heavy atom. The number of anilines is 3. The Balaban J connectivity index is 1.11. The summed E-state index contributed by atoms with van der Waals surface area (Å²) in [6, 6.07) is 66.3. The van der Waals surface area contributed by atoms with Gasteiger partial charge >= 0.3 is 0 Å². The molecule has 56 heavy (non-hydrogen) atoms. The molecule has 3 heterocycles. The molecule has 262 valence electrons. The van der Waals surface area contributed by atoms with E-state index >= 15 is 0 Å². The van der Waals surface area contributed by atoms with E-state index in [4.69, 9.17) is 13.8 Å². The van der Waals surface area contributed by atoms with E-state index in [2.05, 4.69) is 155 Å². The van der Waals surface area contributed by atoms with Gasteiger partial charge in [-0.05, 0) is 101 Å². The van der Waals surface area contributed by atoms with Crippen molar-refractivity contribution in [2.75, 3.05) is 4.90 Å². The number of nitrogens with zero attached hydrogens (tertiary/aromatic N) is 3. The van der Waals surface area contributed by atoms with Crippen LogP contribution in [-0.4, -0.2) is 9.55 Å². The third kappa shape index (κ3) is 4.64. The maximum atomic E-state index is 6.61. The van der Waals surface area contributed by atoms with Crippen molar-refractivity contribution in [1.82, 2.24) is 9.55 Å². The molecule has 0 unspecified atom stereocenters. The van der Waals surface area contributed by atoms with Gasteiger partial charge in [0, 0.05) is 61.3 Å². The first-order valence-corrected chi connectivity index (χ1v) is 18.9. The van der Waals surface area contributed by atoms with Crippen LogP contribution in [0.3, 0.4) is 0 Å². The van der Waals surface area contributed by atoms with Crippen molar-refractivity contribution >= 4 is 93.5 Å². The molecular weight excluding hydrogens is 687 g/mol. The van der Waals surface area contributed by atoms with Crippen molar-refractivity contribution < 1.29 is 8.83 Å². The molecule has 0 N–H and O–H groups in total. The van der Waals surface area contributed by atoms with E-state index in [1.165, 1.54) is 16.3 Å². The standard InChI is InChI=1S/C51H31N3O2/c1-3-11-34(12-4-1)51-52-44-27-22-33-20-19-32-21-23-36(29-42(32)49(33)50(44)56-51)53(38-24-26-41-40-16-8-10-18-47(40)55-48(41)31-38)37-25-28-46-43(30-37)39-15-7-9-17-45(39)54(46)35-13-5-2-6-14-35/h1-31H. The van der Waals surface area contributed by atoms with Crippen LogP contribution >= 0.6 is 0 Å². The minimum absolute atomic E-state index is 0.616. The minimum atomic E-state index is 0.616. The highest BCUT2D eigenvalue weighted by molar-refractivity contribution is 6.19. The molecular formula is C51H31N3O2. The first-order valence-electron chi connectivity index (χ1n) is 18.9. The molecule has 0 spiro atoms. The Morgan fingerprint density at radius 1 is 0.429 bits per heavy atom. The number of para-hydroxylation sites is 3. The number of benzene rings is 9. The SMILES string of the molecule is c1ccc(-c2nc3ccc4ccc5ccc(N(c6ccc7c(c6)oc6ccccc67)c6ccc7c(c6)c6ccccc6n7-c6ccccc6)cc5c4c3o2)cc1. The molecule has 0 aliphatic carbocycles. The Kier molecular flexibility index (Phi) is 6.56. The summed E-state index contributed by atoms with van der Waals surface area (Å²) in [7, 11) is 0. The van der Waals surface area contributed by atoms with Crippen LogP contribution in [0.25, 0.3) is 93.5 Å². The van der Waals surface area contributed by atoms with Gasteiger partial charge < -0.3 is 18.3 Å². The fraction of sp³-hybridized carbons (Fsp3) is 0. The Bertz CT molecular complexity index is 3490. The van der Waals surface area contributed by atoms with Crippen molar-refractivity contribution in [1.29, 1.82) is 0 Å². The zero-order chi connectivity index (χ0) is 36.7. The van der Waals surface area contributed by atoms with Gasteiger partial charge in [0.2, 0.25) is 5.89 Å². The van der Waals surface area contributed by atoms with Gasteiger partial charge in [-0.1, -0.05) is 97.1 Å². The lowest BCUT2D eigenvalue weighted by atomic mass is 10.00. The van der Waals surface area contributed by atoms with Crippen molar-refractivity contribution in [2.45, 2.75) is 0 Å². The quantitative estimate of drug-likeness (QED) is 0.166. The molecule has 0 saturated carbocycles. The van der Waals surface area contributed by atoms with Gasteiger partial charge in [-0.25, -0.2) is 4.98 Å². The monoisotopic (exact) mass is 717 g/mol. The van der Waals surface area contributed by atoms with Crippen molar-refractivity contribution in [3.05, 3.63) is 188 Å². The van der Waals surface area contributed by atoms with E-state index in [-0.39, 0.29) is 0 Å². The Hall–Kier alpha value is -7.63. The summed E-state index contributed by atoms with van der Waals surface area (Å²) < 4.78 is 15.4. The Morgan fingerprint density at radius 3 is 1.93 bits per heavy atom. The third-order valence-electron chi connectivity index (χ3n) is 11.2. The minimum Gasteiger partial charge on any atom is -0.456 e. The van der Waals surface area contributed by atoms with Crippen molar-refractivity contribution in [3.8, 4) is 17.1 Å². The lowest BCUT2D eigenvalue weighted by Crippen LogP contribution is -2.10. The largest absolute Gasteiger partial charge is 0.456 e. The number of fused-ring (bicyclic) bond motifs is 11. The van der Waals surface area contributed by atoms with E-state index in [0.717, 1.165) is 88.4 Å². The maximum Gasteiger partial charge on any atom is 0.227 e. The summed E-state index contributed by atoms with van der Waals surface area (Å²) in [4.78, 5) is 7.27. The third-order valence-corrected chi connectivity index (χ3v) is 11.2. The average molecular weight is 718 g/mol. The van der Waals surface area contributed by atoms with Crippen LogP contribution in [0.2, 0.25) is 0 Å². The predicted octanol–water partition coefficient (Wildman–Crippen LogP) is 14.3. The summed E-state index contributed by atoms with van der Waals surface area (Å²) >= 11 is 0. The van der Waals surface area contributed by atoms with Crippen molar-refractivity contribution in [3.63, 3.8) is 0 Å². The van der Waals surface area contributed by atoms with Gasteiger partial charge in [0.1, 0.15) is 16.7 Å². The van der Waals surface area contributed by atoms with Crippen LogP contribution in [0.15, 0.2) is 197 Å². The number of hydrogen-bond acceptors (Lipinski definition) is 4. The fourth-order valence-electron chi connectivity index (χ4n) is 8.61. The first kappa shape index (κ1) is 30.8. The molecule has 9 aromatic carbocycles. The van der Waals surface area contributed by atoms with Gasteiger partial charge in [0.05, 0.1) is 11.0 Å². The highest BCUT2D eigenvalue weighted by Crippen LogP contribution is 2.44. The van der Waals surface area contributed by atoms with E-state index in [1.807, 2.05) is 42.5 Å². The lowest BCUT2D eigenvalue weighted by Gasteiger charge is -2.26. The molecule has 5 heteroatoms. The molecule has 0 radical (unpaired) electrons. The van der Waals surface area contributed by atoms with Crippen molar-refractivity contribution in [2.24, 2.45) is 0 Å². The molecule has 0 bridgehead atoms.